The number of alkyl halides is 1. The maximum Gasteiger partial charge on any atom is 0.0558 e. The van der Waals surface area contributed by atoms with E-state index >= 15 is 0 Å². The van der Waals surface area contributed by atoms with Gasteiger partial charge in [-0.3, -0.25) is 4.90 Å². The Hall–Kier alpha value is 0.170. The Bertz CT molecular complexity index is 144. The van der Waals surface area contributed by atoms with Crippen LogP contribution in [0.3, 0.4) is 0 Å². The first-order valence-corrected chi connectivity index (χ1v) is 5.43. The van der Waals surface area contributed by atoms with E-state index < -0.39 is 0 Å². The number of rotatable bonds is 4. The molecule has 1 aliphatic rings. The summed E-state index contributed by atoms with van der Waals surface area (Å²) in [5, 5.41) is 12.4. The molecule has 1 rings (SSSR count). The molecule has 2 N–H and O–H groups in total. The second kappa shape index (κ2) is 5.81. The van der Waals surface area contributed by atoms with E-state index in [0.29, 0.717) is 6.04 Å². The molecule has 3 nitrogen and oxygen atoms in total. The van der Waals surface area contributed by atoms with Crippen LogP contribution in [0, 0.1) is 0 Å². The number of nitrogens with zero attached hydrogens (tertiary/aromatic N) is 1. The van der Waals surface area contributed by atoms with Crippen LogP contribution >= 0.6 is 11.6 Å². The summed E-state index contributed by atoms with van der Waals surface area (Å²) in [6.07, 6.45) is 0.982. The second-order valence-electron chi connectivity index (χ2n) is 3.46. The van der Waals surface area contributed by atoms with Crippen molar-refractivity contribution in [2.24, 2.45) is 0 Å². The molecule has 0 aromatic heterocycles. The molecule has 1 saturated heterocycles. The van der Waals surface area contributed by atoms with Crippen LogP contribution in [0.1, 0.15) is 13.3 Å². The first-order chi connectivity index (χ1) is 6.29. The van der Waals surface area contributed by atoms with E-state index in [0.717, 1.165) is 32.6 Å². The number of aliphatic hydroxyl groups excluding tert-OH is 1. The number of aliphatic hydroxyl groups is 1. The van der Waals surface area contributed by atoms with Gasteiger partial charge in [0, 0.05) is 32.2 Å². The molecular weight excluding hydrogens is 188 g/mol. The largest absolute Gasteiger partial charge is 0.395 e. The second-order valence-corrected chi connectivity index (χ2v) is 4.02. The van der Waals surface area contributed by atoms with E-state index in [-0.39, 0.29) is 12.0 Å². The molecule has 2 unspecified atom stereocenters. The third-order valence-electron chi connectivity index (χ3n) is 2.59. The van der Waals surface area contributed by atoms with E-state index in [1.54, 1.807) is 0 Å². The molecule has 0 aromatic carbocycles. The third kappa shape index (κ3) is 3.09. The van der Waals surface area contributed by atoms with E-state index in [4.69, 9.17) is 16.7 Å². The van der Waals surface area contributed by atoms with Gasteiger partial charge in [-0.2, -0.15) is 0 Å². The molecule has 13 heavy (non-hydrogen) atoms. The van der Waals surface area contributed by atoms with Gasteiger partial charge in [-0.1, -0.05) is 6.92 Å². The van der Waals surface area contributed by atoms with Gasteiger partial charge in [-0.15, -0.1) is 11.6 Å². The molecule has 1 fully saturated rings. The molecule has 0 aromatic rings. The lowest BCUT2D eigenvalue weighted by Crippen LogP contribution is -2.55. The summed E-state index contributed by atoms with van der Waals surface area (Å²) in [6.45, 7) is 6.02. The Morgan fingerprint density at radius 1 is 1.69 bits per heavy atom. The normalized spacial score (nSPS) is 27.5. The van der Waals surface area contributed by atoms with Crippen molar-refractivity contribution < 1.29 is 5.11 Å². The van der Waals surface area contributed by atoms with Crippen LogP contribution in [0.4, 0.5) is 0 Å². The third-order valence-corrected chi connectivity index (χ3v) is 3.19. The molecule has 0 spiro atoms. The summed E-state index contributed by atoms with van der Waals surface area (Å²) in [6, 6.07) is 0.382. The van der Waals surface area contributed by atoms with Crippen molar-refractivity contribution in [2.45, 2.75) is 24.8 Å². The molecule has 0 radical (unpaired) electrons. The highest BCUT2D eigenvalue weighted by Gasteiger charge is 2.26. The Kier molecular flexibility index (Phi) is 5.02. The summed E-state index contributed by atoms with van der Waals surface area (Å²) >= 11 is 6.21. The zero-order chi connectivity index (χ0) is 9.68. The van der Waals surface area contributed by atoms with Crippen molar-refractivity contribution in [1.82, 2.24) is 10.2 Å². The van der Waals surface area contributed by atoms with Crippen LogP contribution in [-0.2, 0) is 0 Å². The molecule has 0 saturated carbocycles. The molecule has 2 atom stereocenters. The van der Waals surface area contributed by atoms with Gasteiger partial charge in [0.2, 0.25) is 0 Å². The van der Waals surface area contributed by atoms with Crippen LogP contribution in [0.5, 0.6) is 0 Å². The van der Waals surface area contributed by atoms with Gasteiger partial charge in [0.1, 0.15) is 0 Å². The topological polar surface area (TPSA) is 35.5 Å². The van der Waals surface area contributed by atoms with Crippen LogP contribution in [0.25, 0.3) is 0 Å². The van der Waals surface area contributed by atoms with Crippen molar-refractivity contribution in [1.29, 1.82) is 0 Å². The quantitative estimate of drug-likeness (QED) is 0.649. The van der Waals surface area contributed by atoms with E-state index in [1.165, 1.54) is 0 Å². The summed E-state index contributed by atoms with van der Waals surface area (Å²) in [7, 11) is 0. The standard InChI is InChI=1S/C9H19ClN2O/c1-2-8(10)9-7-11-3-4-12(9)5-6-13/h8-9,11,13H,2-7H2,1H3. The fourth-order valence-corrected chi connectivity index (χ4v) is 2.05. The van der Waals surface area contributed by atoms with Crippen LogP contribution < -0.4 is 5.32 Å². The van der Waals surface area contributed by atoms with Gasteiger partial charge in [-0.05, 0) is 6.42 Å². The van der Waals surface area contributed by atoms with Gasteiger partial charge in [0.05, 0.1) is 12.0 Å². The minimum atomic E-state index is 0.194. The van der Waals surface area contributed by atoms with Gasteiger partial charge < -0.3 is 10.4 Å². The molecule has 1 aliphatic heterocycles. The highest BCUT2D eigenvalue weighted by Crippen LogP contribution is 2.15. The van der Waals surface area contributed by atoms with Crippen molar-refractivity contribution in [3.8, 4) is 0 Å². The van der Waals surface area contributed by atoms with Gasteiger partial charge in [0.25, 0.3) is 0 Å². The smallest absolute Gasteiger partial charge is 0.0558 e. The lowest BCUT2D eigenvalue weighted by Gasteiger charge is -2.38. The fraction of sp³-hybridized carbons (Fsp3) is 1.00. The molecule has 0 aliphatic carbocycles. The number of β-amino-alcohol motifs (C(OH)–C–C–N with tert-alkyl or cyclic N) is 1. The lowest BCUT2D eigenvalue weighted by molar-refractivity contribution is 0.123. The minimum Gasteiger partial charge on any atom is -0.395 e. The van der Waals surface area contributed by atoms with Crippen LogP contribution in [-0.4, -0.2) is 54.2 Å². The molecular formula is C9H19ClN2O. The number of hydrogen-bond donors (Lipinski definition) is 2. The van der Waals surface area contributed by atoms with Crippen molar-refractivity contribution in [3.63, 3.8) is 0 Å². The molecule has 78 valence electrons. The van der Waals surface area contributed by atoms with Crippen LogP contribution in [0.2, 0.25) is 0 Å². The summed E-state index contributed by atoms with van der Waals surface area (Å²) in [4.78, 5) is 2.28. The predicted octanol–water partition coefficient (Wildman–Crippen LogP) is 0.270. The van der Waals surface area contributed by atoms with E-state index in [1.807, 2.05) is 0 Å². The first kappa shape index (κ1) is 11.2. The Labute approximate surface area is 85.1 Å². The van der Waals surface area contributed by atoms with Gasteiger partial charge in [0.15, 0.2) is 0 Å². The zero-order valence-corrected chi connectivity index (χ0v) is 8.93. The minimum absolute atomic E-state index is 0.194. The summed E-state index contributed by atoms with van der Waals surface area (Å²) in [5.41, 5.74) is 0. The van der Waals surface area contributed by atoms with E-state index in [2.05, 4.69) is 17.1 Å². The van der Waals surface area contributed by atoms with Gasteiger partial charge >= 0.3 is 0 Å². The molecule has 1 heterocycles. The zero-order valence-electron chi connectivity index (χ0n) is 8.17. The predicted molar refractivity (Wildman–Crippen MR) is 55.2 cm³/mol. The molecule has 0 bridgehead atoms. The summed E-state index contributed by atoms with van der Waals surface area (Å²) < 4.78 is 0. The molecule has 4 heteroatoms. The van der Waals surface area contributed by atoms with Crippen molar-refractivity contribution in [2.75, 3.05) is 32.8 Å². The van der Waals surface area contributed by atoms with Crippen molar-refractivity contribution >= 4 is 11.6 Å². The average Bonchev–Trinajstić information content (AvgIpc) is 2.18. The summed E-state index contributed by atoms with van der Waals surface area (Å²) in [5.74, 6) is 0. The first-order valence-electron chi connectivity index (χ1n) is 4.99. The SMILES string of the molecule is CCC(Cl)C1CNCCN1CCO. The monoisotopic (exact) mass is 206 g/mol. The average molecular weight is 207 g/mol. The van der Waals surface area contributed by atoms with Crippen LogP contribution in [0.15, 0.2) is 0 Å². The Balaban J connectivity index is 2.45. The highest BCUT2D eigenvalue weighted by molar-refractivity contribution is 6.21. The molecule has 0 amide bonds. The number of nitrogens with one attached hydrogen (secondary N) is 1. The number of hydrogen-bond acceptors (Lipinski definition) is 3. The number of halogens is 1. The maximum absolute atomic E-state index is 8.89. The maximum atomic E-state index is 8.89. The van der Waals surface area contributed by atoms with Gasteiger partial charge in [-0.25, -0.2) is 0 Å². The Morgan fingerprint density at radius 3 is 3.08 bits per heavy atom. The lowest BCUT2D eigenvalue weighted by atomic mass is 10.1. The van der Waals surface area contributed by atoms with Crippen molar-refractivity contribution in [3.05, 3.63) is 0 Å². The fourth-order valence-electron chi connectivity index (χ4n) is 1.80. The number of piperazine rings is 1. The highest BCUT2D eigenvalue weighted by atomic mass is 35.5. The van der Waals surface area contributed by atoms with E-state index in [9.17, 15) is 0 Å². The Morgan fingerprint density at radius 2 is 2.46 bits per heavy atom.